The van der Waals surface area contributed by atoms with Crippen molar-refractivity contribution in [3.63, 3.8) is 0 Å². The second-order valence-electron chi connectivity index (χ2n) is 4.48. The van der Waals surface area contributed by atoms with E-state index < -0.39 is 17.7 Å². The standard InChI is InChI=1S/C13H14F2N4O/c14-10-1-2-12(11(15)9-10)17-13(20)19-7-5-18(4-3-16)6-8-19/h1-2,9H,4-8H2,(H,17,20). The van der Waals surface area contributed by atoms with Crippen molar-refractivity contribution in [1.29, 1.82) is 5.26 Å². The van der Waals surface area contributed by atoms with Crippen molar-refractivity contribution in [2.24, 2.45) is 0 Å². The van der Waals surface area contributed by atoms with Crippen molar-refractivity contribution in [3.8, 4) is 6.07 Å². The summed E-state index contributed by atoms with van der Waals surface area (Å²) in [6, 6.07) is 4.63. The minimum Gasteiger partial charge on any atom is -0.322 e. The van der Waals surface area contributed by atoms with Gasteiger partial charge in [-0.3, -0.25) is 4.90 Å². The highest BCUT2D eigenvalue weighted by Gasteiger charge is 2.21. The average Bonchev–Trinajstić information content (AvgIpc) is 2.43. The molecule has 1 heterocycles. The number of hydrogen-bond donors (Lipinski definition) is 1. The number of urea groups is 1. The van der Waals surface area contributed by atoms with Crippen LogP contribution in [0, 0.1) is 23.0 Å². The van der Waals surface area contributed by atoms with Crippen LogP contribution in [0.3, 0.4) is 0 Å². The zero-order chi connectivity index (χ0) is 14.5. The Labute approximate surface area is 115 Å². The van der Waals surface area contributed by atoms with E-state index in [2.05, 4.69) is 11.4 Å². The molecule has 1 saturated heterocycles. The Morgan fingerprint density at radius 1 is 1.30 bits per heavy atom. The molecular weight excluding hydrogens is 266 g/mol. The molecule has 1 N–H and O–H groups in total. The largest absolute Gasteiger partial charge is 0.322 e. The van der Waals surface area contributed by atoms with Crippen LogP contribution in [-0.4, -0.2) is 48.6 Å². The van der Waals surface area contributed by atoms with E-state index in [1.165, 1.54) is 11.0 Å². The van der Waals surface area contributed by atoms with E-state index in [1.807, 2.05) is 4.90 Å². The van der Waals surface area contributed by atoms with Crippen molar-refractivity contribution in [3.05, 3.63) is 29.8 Å². The molecule has 0 atom stereocenters. The maximum absolute atomic E-state index is 13.4. The molecule has 20 heavy (non-hydrogen) atoms. The summed E-state index contributed by atoms with van der Waals surface area (Å²) >= 11 is 0. The third-order valence-corrected chi connectivity index (χ3v) is 3.13. The topological polar surface area (TPSA) is 59.4 Å². The van der Waals surface area contributed by atoms with Gasteiger partial charge < -0.3 is 10.2 Å². The summed E-state index contributed by atoms with van der Waals surface area (Å²) in [5.74, 6) is -1.49. The Kier molecular flexibility index (Phi) is 4.48. The van der Waals surface area contributed by atoms with Crippen LogP contribution < -0.4 is 5.32 Å². The number of carbonyl (C=O) groups is 1. The van der Waals surface area contributed by atoms with Crippen LogP contribution in [0.15, 0.2) is 18.2 Å². The minimum atomic E-state index is -0.804. The number of piperazine rings is 1. The maximum atomic E-state index is 13.4. The number of anilines is 1. The van der Waals surface area contributed by atoms with Gasteiger partial charge in [0.25, 0.3) is 0 Å². The second-order valence-corrected chi connectivity index (χ2v) is 4.48. The van der Waals surface area contributed by atoms with E-state index in [9.17, 15) is 13.6 Å². The highest BCUT2D eigenvalue weighted by atomic mass is 19.1. The van der Waals surface area contributed by atoms with Gasteiger partial charge in [0, 0.05) is 32.2 Å². The van der Waals surface area contributed by atoms with Crippen LogP contribution in [0.25, 0.3) is 0 Å². The lowest BCUT2D eigenvalue weighted by Gasteiger charge is -2.33. The van der Waals surface area contributed by atoms with Crippen molar-refractivity contribution < 1.29 is 13.6 Å². The van der Waals surface area contributed by atoms with Crippen molar-refractivity contribution in [2.45, 2.75) is 0 Å². The van der Waals surface area contributed by atoms with Crippen molar-refractivity contribution in [1.82, 2.24) is 9.80 Å². The molecular formula is C13H14F2N4O. The van der Waals surface area contributed by atoms with Crippen molar-refractivity contribution >= 4 is 11.7 Å². The van der Waals surface area contributed by atoms with E-state index in [4.69, 9.17) is 5.26 Å². The van der Waals surface area contributed by atoms with E-state index in [-0.39, 0.29) is 5.69 Å². The Morgan fingerprint density at radius 3 is 2.60 bits per heavy atom. The fourth-order valence-corrected chi connectivity index (χ4v) is 1.99. The molecule has 2 amide bonds. The first-order chi connectivity index (χ1) is 9.60. The lowest BCUT2D eigenvalue weighted by Crippen LogP contribution is -2.50. The number of rotatable bonds is 2. The number of halogens is 2. The normalized spacial score (nSPS) is 15.8. The summed E-state index contributed by atoms with van der Waals surface area (Å²) < 4.78 is 26.2. The highest BCUT2D eigenvalue weighted by Crippen LogP contribution is 2.16. The first-order valence-corrected chi connectivity index (χ1v) is 6.20. The molecule has 0 bridgehead atoms. The van der Waals surface area contributed by atoms with Gasteiger partial charge in [0.1, 0.15) is 11.6 Å². The van der Waals surface area contributed by atoms with Gasteiger partial charge in [0.15, 0.2) is 0 Å². The number of nitrogens with one attached hydrogen (secondary N) is 1. The number of hydrogen-bond acceptors (Lipinski definition) is 3. The third kappa shape index (κ3) is 3.42. The highest BCUT2D eigenvalue weighted by molar-refractivity contribution is 5.89. The molecule has 2 rings (SSSR count). The number of nitriles is 1. The van der Waals surface area contributed by atoms with Crippen LogP contribution in [-0.2, 0) is 0 Å². The zero-order valence-electron chi connectivity index (χ0n) is 10.8. The molecule has 106 valence electrons. The van der Waals surface area contributed by atoms with E-state index in [0.717, 1.165) is 12.1 Å². The Balaban J connectivity index is 1.91. The van der Waals surface area contributed by atoms with E-state index in [1.54, 1.807) is 0 Å². The Morgan fingerprint density at radius 2 is 2.00 bits per heavy atom. The molecule has 1 aliphatic rings. The Hall–Kier alpha value is -2.20. The van der Waals surface area contributed by atoms with Gasteiger partial charge in [-0.25, -0.2) is 13.6 Å². The smallest absolute Gasteiger partial charge is 0.322 e. The molecule has 0 radical (unpaired) electrons. The summed E-state index contributed by atoms with van der Waals surface area (Å²) in [5.41, 5.74) is -0.0455. The van der Waals surface area contributed by atoms with Gasteiger partial charge in [0.2, 0.25) is 0 Å². The van der Waals surface area contributed by atoms with Gasteiger partial charge in [-0.1, -0.05) is 0 Å². The molecule has 0 unspecified atom stereocenters. The number of nitrogens with zero attached hydrogens (tertiary/aromatic N) is 3. The predicted molar refractivity (Wildman–Crippen MR) is 69.0 cm³/mol. The maximum Gasteiger partial charge on any atom is 0.322 e. The number of carbonyl (C=O) groups excluding carboxylic acids is 1. The molecule has 1 fully saturated rings. The average molecular weight is 280 g/mol. The monoisotopic (exact) mass is 280 g/mol. The molecule has 0 spiro atoms. The van der Waals surface area contributed by atoms with Crippen LogP contribution in [0.2, 0.25) is 0 Å². The quantitative estimate of drug-likeness (QED) is 0.838. The first-order valence-electron chi connectivity index (χ1n) is 6.20. The summed E-state index contributed by atoms with van der Waals surface area (Å²) in [6.45, 7) is 2.48. The Bertz CT molecular complexity index is 536. The second kappa shape index (κ2) is 6.30. The molecule has 0 aliphatic carbocycles. The van der Waals surface area contributed by atoms with Crippen LogP contribution >= 0.6 is 0 Å². The van der Waals surface area contributed by atoms with Crippen LogP contribution in [0.1, 0.15) is 0 Å². The van der Waals surface area contributed by atoms with Gasteiger partial charge in [-0.15, -0.1) is 0 Å². The summed E-state index contributed by atoms with van der Waals surface area (Å²) in [6.07, 6.45) is 0. The molecule has 7 heteroatoms. The van der Waals surface area contributed by atoms with Crippen LogP contribution in [0.5, 0.6) is 0 Å². The number of amides is 2. The minimum absolute atomic E-state index is 0.0455. The van der Waals surface area contributed by atoms with Gasteiger partial charge in [-0.2, -0.15) is 5.26 Å². The molecule has 0 saturated carbocycles. The fourth-order valence-electron chi connectivity index (χ4n) is 1.99. The fraction of sp³-hybridized carbons (Fsp3) is 0.385. The summed E-state index contributed by atoms with van der Waals surface area (Å²) in [5, 5.41) is 11.0. The number of benzene rings is 1. The van der Waals surface area contributed by atoms with Gasteiger partial charge in [0.05, 0.1) is 18.3 Å². The first kappa shape index (κ1) is 14.2. The molecule has 1 aromatic carbocycles. The summed E-state index contributed by atoms with van der Waals surface area (Å²) in [4.78, 5) is 15.4. The van der Waals surface area contributed by atoms with Gasteiger partial charge in [-0.05, 0) is 12.1 Å². The third-order valence-electron chi connectivity index (χ3n) is 3.13. The molecule has 1 aliphatic heterocycles. The van der Waals surface area contributed by atoms with Crippen LogP contribution in [0.4, 0.5) is 19.3 Å². The summed E-state index contributed by atoms with van der Waals surface area (Å²) in [7, 11) is 0. The molecule has 1 aromatic rings. The molecule has 0 aromatic heterocycles. The zero-order valence-corrected chi connectivity index (χ0v) is 10.8. The lowest BCUT2D eigenvalue weighted by atomic mass is 10.3. The predicted octanol–water partition coefficient (Wildman–Crippen LogP) is 1.64. The molecule has 5 nitrogen and oxygen atoms in total. The SMILES string of the molecule is N#CCN1CCN(C(=O)Nc2ccc(F)cc2F)CC1. The lowest BCUT2D eigenvalue weighted by molar-refractivity contribution is 0.156. The van der Waals surface area contributed by atoms with E-state index in [0.29, 0.717) is 32.7 Å². The van der Waals surface area contributed by atoms with E-state index >= 15 is 0 Å². The van der Waals surface area contributed by atoms with Crippen molar-refractivity contribution in [2.75, 3.05) is 38.0 Å². The van der Waals surface area contributed by atoms with Gasteiger partial charge >= 0.3 is 6.03 Å².